The van der Waals surface area contributed by atoms with Gasteiger partial charge in [-0.2, -0.15) is 4.98 Å². The topological polar surface area (TPSA) is 61.2 Å². The van der Waals surface area contributed by atoms with Crippen molar-refractivity contribution in [3.63, 3.8) is 0 Å². The molecule has 5 nitrogen and oxygen atoms in total. The van der Waals surface area contributed by atoms with Crippen molar-refractivity contribution in [3.05, 3.63) is 40.4 Å². The Balaban J connectivity index is 2.77. The number of para-hydroxylation sites is 1. The maximum atomic E-state index is 12.2. The summed E-state index contributed by atoms with van der Waals surface area (Å²) in [5.74, 6) is -0.0206. The van der Waals surface area contributed by atoms with Crippen LogP contribution in [0.3, 0.4) is 0 Å². The fraction of sp³-hybridized carbons (Fsp3) is 0.429. The maximum absolute atomic E-state index is 12.2. The van der Waals surface area contributed by atoms with E-state index in [1.807, 2.05) is 45.0 Å². The van der Waals surface area contributed by atoms with Crippen molar-refractivity contribution in [3.8, 4) is 0 Å². The van der Waals surface area contributed by atoms with E-state index in [4.69, 9.17) is 4.18 Å². The molecule has 108 valence electrons. The number of hydrogen-bond donors (Lipinski definition) is 0. The first-order valence-electron chi connectivity index (χ1n) is 6.27. The van der Waals surface area contributed by atoms with Crippen LogP contribution in [0.25, 0.3) is 10.9 Å². The summed E-state index contributed by atoms with van der Waals surface area (Å²) in [7, 11) is 1.35. The van der Waals surface area contributed by atoms with E-state index in [1.54, 1.807) is 0 Å². The van der Waals surface area contributed by atoms with E-state index in [2.05, 4.69) is 4.98 Å². The normalized spacial score (nSPS) is 13.6. The van der Waals surface area contributed by atoms with Gasteiger partial charge in [0.2, 0.25) is 0 Å². The van der Waals surface area contributed by atoms with Crippen LogP contribution >= 0.6 is 0 Å². The van der Waals surface area contributed by atoms with Gasteiger partial charge in [-0.3, -0.25) is 8.75 Å². The summed E-state index contributed by atoms with van der Waals surface area (Å²) in [4.78, 5) is 16.4. The van der Waals surface area contributed by atoms with Gasteiger partial charge in [0.15, 0.2) is 11.1 Å². The lowest BCUT2D eigenvalue weighted by molar-refractivity contribution is 0.438. The number of nitrogens with zero attached hydrogens (tertiary/aromatic N) is 2. The second-order valence-electron chi connectivity index (χ2n) is 5.54. The minimum atomic E-state index is -1.55. The van der Waals surface area contributed by atoms with Crippen LogP contribution in [0.15, 0.2) is 29.1 Å². The molecule has 0 radical (unpaired) electrons. The molecule has 1 atom stereocenters. The van der Waals surface area contributed by atoms with E-state index in [0.717, 1.165) is 16.6 Å². The predicted octanol–water partition coefficient (Wildman–Crippen LogP) is 1.96. The molecule has 0 aliphatic heterocycles. The van der Waals surface area contributed by atoms with Gasteiger partial charge in [0, 0.05) is 10.8 Å². The molecule has 0 spiro atoms. The molecule has 1 aromatic carbocycles. The van der Waals surface area contributed by atoms with Gasteiger partial charge in [0.05, 0.1) is 18.3 Å². The minimum absolute atomic E-state index is 0.0206. The molecule has 0 saturated carbocycles. The number of benzene rings is 1. The Labute approximate surface area is 120 Å². The number of aromatic nitrogens is 2. The molecule has 1 aromatic heterocycles. The Bertz CT molecular complexity index is 716. The van der Waals surface area contributed by atoms with Gasteiger partial charge in [-0.05, 0) is 6.07 Å². The summed E-state index contributed by atoms with van der Waals surface area (Å²) < 4.78 is 17.7. The maximum Gasteiger partial charge on any atom is 0.349 e. The Morgan fingerprint density at radius 3 is 2.55 bits per heavy atom. The molecule has 1 unspecified atom stereocenters. The summed E-state index contributed by atoms with van der Waals surface area (Å²) in [6, 6.07) is 7.51. The molecule has 0 amide bonds. The summed E-state index contributed by atoms with van der Waals surface area (Å²) in [6.07, 6.45) is 0. The van der Waals surface area contributed by atoms with E-state index in [0.29, 0.717) is 0 Å². The van der Waals surface area contributed by atoms with Crippen LogP contribution in [0.4, 0.5) is 0 Å². The highest BCUT2D eigenvalue weighted by Crippen LogP contribution is 2.26. The van der Waals surface area contributed by atoms with E-state index in [-0.39, 0.29) is 11.3 Å². The molecule has 0 fully saturated rings. The highest BCUT2D eigenvalue weighted by atomic mass is 32.2. The Morgan fingerprint density at radius 2 is 1.95 bits per heavy atom. The molecule has 0 aliphatic rings. The summed E-state index contributed by atoms with van der Waals surface area (Å²) in [6.45, 7) is 6.04. The van der Waals surface area contributed by atoms with Gasteiger partial charge in [0.1, 0.15) is 5.88 Å². The van der Waals surface area contributed by atoms with Crippen LogP contribution in [0.2, 0.25) is 0 Å². The fourth-order valence-corrected chi connectivity index (χ4v) is 2.65. The fourth-order valence-electron chi connectivity index (χ4n) is 2.08. The lowest BCUT2D eigenvalue weighted by atomic mass is 9.89. The number of fused-ring (bicyclic) bond motifs is 1. The highest BCUT2D eigenvalue weighted by molar-refractivity contribution is 7.79. The number of hydrogen-bond acceptors (Lipinski definition) is 4. The van der Waals surface area contributed by atoms with Crippen molar-refractivity contribution in [2.24, 2.45) is 0 Å². The van der Waals surface area contributed by atoms with Crippen molar-refractivity contribution in [1.82, 2.24) is 9.55 Å². The zero-order valence-electron chi connectivity index (χ0n) is 12.0. The molecule has 20 heavy (non-hydrogen) atoms. The Hall–Kier alpha value is -1.53. The molecule has 0 N–H and O–H groups in total. The molecule has 2 aromatic rings. The quantitative estimate of drug-likeness (QED) is 0.868. The van der Waals surface area contributed by atoms with Gasteiger partial charge in [-0.25, -0.2) is 9.00 Å². The lowest BCUT2D eigenvalue weighted by Crippen LogP contribution is -2.30. The molecule has 0 saturated heterocycles. The highest BCUT2D eigenvalue weighted by Gasteiger charge is 2.21. The van der Waals surface area contributed by atoms with Gasteiger partial charge >= 0.3 is 5.69 Å². The molecule has 6 heteroatoms. The third-order valence-electron chi connectivity index (χ3n) is 3.02. The molecule has 1 heterocycles. The van der Waals surface area contributed by atoms with Crippen LogP contribution in [0.1, 0.15) is 26.5 Å². The second-order valence-corrected chi connectivity index (χ2v) is 6.74. The van der Waals surface area contributed by atoms with Crippen LogP contribution in [0.5, 0.6) is 0 Å². The number of rotatable bonds is 3. The first-order chi connectivity index (χ1) is 9.34. The van der Waals surface area contributed by atoms with E-state index < -0.39 is 16.8 Å². The second kappa shape index (κ2) is 5.46. The first kappa shape index (κ1) is 14.9. The van der Waals surface area contributed by atoms with Gasteiger partial charge in [-0.15, -0.1) is 0 Å². The van der Waals surface area contributed by atoms with E-state index in [9.17, 15) is 9.00 Å². The molecule has 0 bridgehead atoms. The van der Waals surface area contributed by atoms with Crippen LogP contribution in [-0.4, -0.2) is 20.9 Å². The monoisotopic (exact) mass is 294 g/mol. The largest absolute Gasteiger partial charge is 0.349 e. The van der Waals surface area contributed by atoms with Gasteiger partial charge < -0.3 is 0 Å². The standard InChI is InChI=1S/C14H18N2O3S/c1-14(2,3)12-10-7-5-6-8-11(10)16(13(17)15-12)9-20(18)19-4/h5-8H,9H2,1-4H3. The zero-order valence-corrected chi connectivity index (χ0v) is 12.9. The van der Waals surface area contributed by atoms with Crippen molar-refractivity contribution in [2.45, 2.75) is 32.1 Å². The van der Waals surface area contributed by atoms with Crippen LogP contribution in [-0.2, 0) is 26.6 Å². The smallest absolute Gasteiger partial charge is 0.293 e. The van der Waals surface area contributed by atoms with Crippen molar-refractivity contribution in [2.75, 3.05) is 7.11 Å². The average Bonchev–Trinajstić information content (AvgIpc) is 2.40. The van der Waals surface area contributed by atoms with Crippen LogP contribution in [0, 0.1) is 0 Å². The van der Waals surface area contributed by atoms with Crippen LogP contribution < -0.4 is 5.69 Å². The minimum Gasteiger partial charge on any atom is -0.293 e. The predicted molar refractivity (Wildman–Crippen MR) is 79.9 cm³/mol. The van der Waals surface area contributed by atoms with Gasteiger partial charge in [-0.1, -0.05) is 39.0 Å². The molecular formula is C14H18N2O3S. The van der Waals surface area contributed by atoms with Crippen molar-refractivity contribution < 1.29 is 8.39 Å². The Kier molecular flexibility index (Phi) is 4.06. The SMILES string of the molecule is COS(=O)Cn1c(=O)nc(C(C)(C)C)c2ccccc21. The Morgan fingerprint density at radius 1 is 1.30 bits per heavy atom. The third-order valence-corrected chi connectivity index (χ3v) is 3.86. The third kappa shape index (κ3) is 2.81. The first-order valence-corrected chi connectivity index (χ1v) is 7.52. The van der Waals surface area contributed by atoms with E-state index in [1.165, 1.54) is 11.7 Å². The lowest BCUT2D eigenvalue weighted by Gasteiger charge is -2.21. The summed E-state index contributed by atoms with van der Waals surface area (Å²) in [5.41, 5.74) is 0.831. The average molecular weight is 294 g/mol. The molecule has 2 rings (SSSR count). The van der Waals surface area contributed by atoms with Crippen molar-refractivity contribution in [1.29, 1.82) is 0 Å². The van der Waals surface area contributed by atoms with E-state index >= 15 is 0 Å². The summed E-state index contributed by atoms with van der Waals surface area (Å²) in [5, 5.41) is 0.896. The van der Waals surface area contributed by atoms with Crippen molar-refractivity contribution >= 4 is 22.0 Å². The zero-order chi connectivity index (χ0) is 14.9. The van der Waals surface area contributed by atoms with Gasteiger partial charge in [0.25, 0.3) is 0 Å². The molecule has 0 aliphatic carbocycles. The molecular weight excluding hydrogens is 276 g/mol. The summed E-state index contributed by atoms with van der Waals surface area (Å²) >= 11 is -1.55.